The van der Waals surface area contributed by atoms with Gasteiger partial charge in [-0.2, -0.15) is 0 Å². The Morgan fingerprint density at radius 1 is 1.17 bits per heavy atom. The van der Waals surface area contributed by atoms with E-state index in [1.807, 2.05) is 19.1 Å². The molecule has 3 amide bonds. The second-order valence-corrected chi connectivity index (χ2v) is 7.82. The highest BCUT2D eigenvalue weighted by Crippen LogP contribution is 2.38. The smallest absolute Gasteiger partial charge is 0.294 e. The van der Waals surface area contributed by atoms with Crippen LogP contribution in [-0.4, -0.2) is 42.7 Å². The molecule has 1 aliphatic rings. The average molecular weight is 447 g/mol. The zero-order chi connectivity index (χ0) is 21.8. The summed E-state index contributed by atoms with van der Waals surface area (Å²) in [6, 6.07) is 10.5. The van der Waals surface area contributed by atoms with Gasteiger partial charge in [-0.1, -0.05) is 29.3 Å². The Morgan fingerprint density at radius 2 is 1.87 bits per heavy atom. The maximum atomic E-state index is 12.7. The lowest BCUT2D eigenvalue weighted by Gasteiger charge is -2.12. The number of carbonyl (C=O) groups is 3. The van der Waals surface area contributed by atoms with Crippen molar-refractivity contribution in [2.24, 2.45) is 0 Å². The minimum atomic E-state index is -0.546. The van der Waals surface area contributed by atoms with Crippen LogP contribution in [0.5, 0.6) is 11.5 Å². The summed E-state index contributed by atoms with van der Waals surface area (Å²) in [5.41, 5.74) is 2.21. The summed E-state index contributed by atoms with van der Waals surface area (Å²) < 4.78 is 10.4. The third kappa shape index (κ3) is 4.77. The lowest BCUT2D eigenvalue weighted by atomic mass is 10.2. The van der Waals surface area contributed by atoms with Crippen LogP contribution in [0.3, 0.4) is 0 Å². The number of halogens is 1. The molecule has 1 fully saturated rings. The number of thioether (sulfide) groups is 1. The van der Waals surface area contributed by atoms with Gasteiger partial charge in [0, 0.05) is 5.69 Å². The fourth-order valence-electron chi connectivity index (χ4n) is 2.79. The van der Waals surface area contributed by atoms with Crippen LogP contribution in [0.25, 0.3) is 6.08 Å². The van der Waals surface area contributed by atoms with E-state index in [2.05, 4.69) is 5.32 Å². The Labute approximate surface area is 183 Å². The normalized spacial score (nSPS) is 14.9. The van der Waals surface area contributed by atoms with Crippen LogP contribution < -0.4 is 14.8 Å². The third-order valence-electron chi connectivity index (χ3n) is 4.26. The van der Waals surface area contributed by atoms with Crippen molar-refractivity contribution in [2.75, 3.05) is 26.1 Å². The summed E-state index contributed by atoms with van der Waals surface area (Å²) in [4.78, 5) is 38.3. The molecule has 1 N–H and O–H groups in total. The fourth-order valence-corrected chi connectivity index (χ4v) is 3.92. The number of nitrogens with zero attached hydrogens (tertiary/aromatic N) is 1. The molecule has 0 atom stereocenters. The van der Waals surface area contributed by atoms with E-state index in [4.69, 9.17) is 21.1 Å². The van der Waals surface area contributed by atoms with Crippen molar-refractivity contribution in [1.29, 1.82) is 0 Å². The molecule has 9 heteroatoms. The summed E-state index contributed by atoms with van der Waals surface area (Å²) in [7, 11) is 2.94. The summed E-state index contributed by atoms with van der Waals surface area (Å²) in [6.07, 6.45) is 1.52. The van der Waals surface area contributed by atoms with Crippen molar-refractivity contribution in [3.05, 3.63) is 57.5 Å². The van der Waals surface area contributed by atoms with Gasteiger partial charge in [-0.3, -0.25) is 19.3 Å². The van der Waals surface area contributed by atoms with Crippen molar-refractivity contribution >= 4 is 52.2 Å². The van der Waals surface area contributed by atoms with Crippen LogP contribution in [0.2, 0.25) is 5.02 Å². The molecule has 1 aliphatic heterocycles. The van der Waals surface area contributed by atoms with Crippen molar-refractivity contribution in [2.45, 2.75) is 6.92 Å². The van der Waals surface area contributed by atoms with Crippen molar-refractivity contribution < 1.29 is 23.9 Å². The standard InChI is InChI=1S/C21H19ClN2O5S/c1-12-4-6-14(7-5-12)23-18(25)11-24-20(26)17(30-21(24)27)10-13-8-15(22)19(29-3)16(9-13)28-2/h4-10H,11H2,1-3H3,(H,23,25)/b17-10+. The van der Waals surface area contributed by atoms with Gasteiger partial charge in [0.25, 0.3) is 11.1 Å². The lowest BCUT2D eigenvalue weighted by molar-refractivity contribution is -0.127. The van der Waals surface area contributed by atoms with Crippen LogP contribution in [0.1, 0.15) is 11.1 Å². The molecule has 7 nitrogen and oxygen atoms in total. The van der Waals surface area contributed by atoms with Crippen molar-refractivity contribution in [3.63, 3.8) is 0 Å². The molecular weight excluding hydrogens is 428 g/mol. The second-order valence-electron chi connectivity index (χ2n) is 6.42. The Bertz CT molecular complexity index is 1040. The van der Waals surface area contributed by atoms with Gasteiger partial charge in [0.05, 0.1) is 24.1 Å². The largest absolute Gasteiger partial charge is 0.493 e. The summed E-state index contributed by atoms with van der Waals surface area (Å²) in [6.45, 7) is 1.56. The first-order valence-corrected chi connectivity index (χ1v) is 10.0. The monoisotopic (exact) mass is 446 g/mol. The summed E-state index contributed by atoms with van der Waals surface area (Å²) in [5.74, 6) is -0.239. The quantitative estimate of drug-likeness (QED) is 0.664. The fraction of sp³-hybridized carbons (Fsp3) is 0.190. The molecular formula is C21H19ClN2O5S. The molecule has 1 saturated heterocycles. The minimum Gasteiger partial charge on any atom is -0.493 e. The van der Waals surface area contributed by atoms with Gasteiger partial charge in [0.2, 0.25) is 5.91 Å². The Kier molecular flexibility index (Phi) is 6.69. The van der Waals surface area contributed by atoms with Gasteiger partial charge in [0.1, 0.15) is 6.54 Å². The lowest BCUT2D eigenvalue weighted by Crippen LogP contribution is -2.36. The van der Waals surface area contributed by atoms with Crippen LogP contribution >= 0.6 is 23.4 Å². The molecule has 2 aromatic rings. The van der Waals surface area contributed by atoms with Gasteiger partial charge in [0.15, 0.2) is 11.5 Å². The molecule has 0 saturated carbocycles. The number of methoxy groups -OCH3 is 2. The highest BCUT2D eigenvalue weighted by molar-refractivity contribution is 8.18. The first-order chi connectivity index (χ1) is 14.3. The van der Waals surface area contributed by atoms with Gasteiger partial charge in [-0.05, 0) is 54.6 Å². The zero-order valence-electron chi connectivity index (χ0n) is 16.5. The van der Waals surface area contributed by atoms with E-state index >= 15 is 0 Å². The van der Waals surface area contributed by atoms with E-state index in [0.717, 1.165) is 22.2 Å². The molecule has 3 rings (SSSR count). The van der Waals surface area contributed by atoms with Crippen LogP contribution in [0.15, 0.2) is 41.3 Å². The zero-order valence-corrected chi connectivity index (χ0v) is 18.1. The number of anilines is 1. The van der Waals surface area contributed by atoms with E-state index in [0.29, 0.717) is 27.8 Å². The molecule has 0 aliphatic carbocycles. The molecule has 0 bridgehead atoms. The van der Waals surface area contributed by atoms with E-state index in [-0.39, 0.29) is 11.4 Å². The van der Waals surface area contributed by atoms with E-state index in [1.54, 1.807) is 24.3 Å². The SMILES string of the molecule is COc1cc(/C=C2/SC(=O)N(CC(=O)Nc3ccc(C)cc3)C2=O)cc(Cl)c1OC. The van der Waals surface area contributed by atoms with E-state index < -0.39 is 17.1 Å². The van der Waals surface area contributed by atoms with Crippen molar-refractivity contribution in [3.8, 4) is 11.5 Å². The molecule has 30 heavy (non-hydrogen) atoms. The molecule has 2 aromatic carbocycles. The first kappa shape index (κ1) is 21.7. The van der Waals surface area contributed by atoms with E-state index in [9.17, 15) is 14.4 Å². The number of benzene rings is 2. The number of nitrogens with one attached hydrogen (secondary N) is 1. The minimum absolute atomic E-state index is 0.187. The number of hydrogen-bond acceptors (Lipinski definition) is 6. The van der Waals surface area contributed by atoms with Gasteiger partial charge < -0.3 is 14.8 Å². The number of rotatable bonds is 6. The van der Waals surface area contributed by atoms with E-state index in [1.165, 1.54) is 20.3 Å². The molecule has 0 radical (unpaired) electrons. The number of amides is 3. The Morgan fingerprint density at radius 3 is 2.50 bits per heavy atom. The molecule has 0 spiro atoms. The topological polar surface area (TPSA) is 84.9 Å². The molecule has 1 heterocycles. The van der Waals surface area contributed by atoms with Crippen LogP contribution in [-0.2, 0) is 9.59 Å². The Hall–Kier alpha value is -2.97. The summed E-state index contributed by atoms with van der Waals surface area (Å²) in [5, 5.41) is 2.46. The third-order valence-corrected chi connectivity index (χ3v) is 5.45. The maximum Gasteiger partial charge on any atom is 0.294 e. The van der Waals surface area contributed by atoms with Gasteiger partial charge >= 0.3 is 0 Å². The van der Waals surface area contributed by atoms with Gasteiger partial charge in [-0.25, -0.2) is 0 Å². The van der Waals surface area contributed by atoms with Crippen LogP contribution in [0.4, 0.5) is 10.5 Å². The number of aryl methyl sites for hydroxylation is 1. The number of hydrogen-bond donors (Lipinski definition) is 1. The Balaban J connectivity index is 1.75. The maximum absolute atomic E-state index is 12.7. The molecule has 156 valence electrons. The van der Waals surface area contributed by atoms with Gasteiger partial charge in [-0.15, -0.1) is 0 Å². The number of imide groups is 1. The predicted octanol–water partition coefficient (Wildman–Crippen LogP) is 4.34. The highest BCUT2D eigenvalue weighted by Gasteiger charge is 2.36. The molecule has 0 unspecified atom stereocenters. The predicted molar refractivity (Wildman–Crippen MR) is 117 cm³/mol. The average Bonchev–Trinajstić information content (AvgIpc) is 2.96. The highest BCUT2D eigenvalue weighted by atomic mass is 35.5. The van der Waals surface area contributed by atoms with Crippen LogP contribution in [0, 0.1) is 6.92 Å². The second kappa shape index (κ2) is 9.23. The first-order valence-electron chi connectivity index (χ1n) is 8.85. The molecule has 0 aromatic heterocycles. The van der Waals surface area contributed by atoms with Crippen molar-refractivity contribution in [1.82, 2.24) is 4.90 Å². The summed E-state index contributed by atoms with van der Waals surface area (Å²) >= 11 is 6.95. The number of ether oxygens (including phenoxy) is 2. The number of carbonyl (C=O) groups excluding carboxylic acids is 3.